The molecule has 0 bridgehead atoms. The van der Waals surface area contributed by atoms with Gasteiger partial charge < -0.3 is 26.3 Å². The second-order valence-electron chi connectivity index (χ2n) is 6.46. The first-order valence-corrected chi connectivity index (χ1v) is 11.7. The van der Waals surface area contributed by atoms with Gasteiger partial charge in [0.25, 0.3) is 0 Å². The lowest BCUT2D eigenvalue weighted by Gasteiger charge is -2.28. The number of halogens is 2. The Labute approximate surface area is 194 Å². The van der Waals surface area contributed by atoms with E-state index in [4.69, 9.17) is 39.4 Å². The smallest absolute Gasteiger partial charge is 0.307 e. The first kappa shape index (κ1) is 28.9. The molecule has 0 aliphatic heterocycles. The van der Waals surface area contributed by atoms with Crippen LogP contribution in [-0.4, -0.2) is 56.1 Å². The summed E-state index contributed by atoms with van der Waals surface area (Å²) in [7, 11) is 1.89. The van der Waals surface area contributed by atoms with Crippen molar-refractivity contribution in [3.05, 3.63) is 42.0 Å². The third kappa shape index (κ3) is 12.6. The number of nitrogens with two attached hydrogens (primary N) is 2. The standard InChI is InChI=1S/C19H31N3O2S.C2H2Cl2O/c1-14(8-10-20)12-17(15-4-6-16(25-3)7-5-15)18(22-2)13-24-19(23)9-11-21;3-2(4)1-5/h4-7,17-18,22H,1,8-13,20-21H2,2-3H3;1-2H. The minimum Gasteiger partial charge on any atom is -0.464 e. The van der Waals surface area contributed by atoms with Crippen LogP contribution in [0, 0.1) is 0 Å². The van der Waals surface area contributed by atoms with Crippen molar-refractivity contribution in [3.63, 3.8) is 0 Å². The van der Waals surface area contributed by atoms with Crippen molar-refractivity contribution in [3.8, 4) is 0 Å². The molecule has 1 rings (SSSR count). The van der Waals surface area contributed by atoms with Crippen LogP contribution in [0.15, 0.2) is 41.3 Å². The molecule has 30 heavy (non-hydrogen) atoms. The molecule has 1 aromatic carbocycles. The molecule has 1 aromatic rings. The number of aldehydes is 1. The quantitative estimate of drug-likeness (QED) is 0.131. The van der Waals surface area contributed by atoms with E-state index >= 15 is 0 Å². The first-order chi connectivity index (χ1) is 14.3. The maximum absolute atomic E-state index is 11.7. The molecule has 9 heteroatoms. The van der Waals surface area contributed by atoms with Crippen molar-refractivity contribution in [1.29, 1.82) is 0 Å². The zero-order chi connectivity index (χ0) is 22.9. The van der Waals surface area contributed by atoms with Crippen molar-refractivity contribution in [2.75, 3.05) is 33.0 Å². The van der Waals surface area contributed by atoms with E-state index in [2.05, 4.69) is 42.4 Å². The number of esters is 1. The number of benzene rings is 1. The third-order valence-corrected chi connectivity index (χ3v) is 5.23. The molecule has 0 amide bonds. The fourth-order valence-corrected chi connectivity index (χ4v) is 3.14. The van der Waals surface area contributed by atoms with Gasteiger partial charge in [-0.2, -0.15) is 0 Å². The number of ether oxygens (including phenoxy) is 1. The summed E-state index contributed by atoms with van der Waals surface area (Å²) in [6.07, 6.45) is 4.34. The summed E-state index contributed by atoms with van der Waals surface area (Å²) in [5.41, 5.74) is 13.4. The molecule has 0 aliphatic rings. The van der Waals surface area contributed by atoms with E-state index in [9.17, 15) is 9.59 Å². The average molecular weight is 478 g/mol. The molecule has 5 N–H and O–H groups in total. The molecule has 0 radical (unpaired) electrons. The molecule has 0 aliphatic carbocycles. The molecule has 6 nitrogen and oxygen atoms in total. The van der Waals surface area contributed by atoms with E-state index in [1.54, 1.807) is 11.8 Å². The van der Waals surface area contributed by atoms with E-state index in [-0.39, 0.29) is 24.3 Å². The van der Waals surface area contributed by atoms with Gasteiger partial charge in [-0.3, -0.25) is 4.79 Å². The van der Waals surface area contributed by atoms with Gasteiger partial charge in [0.2, 0.25) is 0 Å². The Morgan fingerprint density at radius 2 is 1.80 bits per heavy atom. The van der Waals surface area contributed by atoms with Crippen LogP contribution in [0.3, 0.4) is 0 Å². The zero-order valence-electron chi connectivity index (χ0n) is 17.6. The van der Waals surface area contributed by atoms with Crippen molar-refractivity contribution in [2.45, 2.75) is 41.0 Å². The molecule has 0 saturated heterocycles. The predicted molar refractivity (Wildman–Crippen MR) is 127 cm³/mol. The number of hydrogen-bond acceptors (Lipinski definition) is 7. The van der Waals surface area contributed by atoms with E-state index in [1.807, 2.05) is 7.05 Å². The summed E-state index contributed by atoms with van der Waals surface area (Å²) in [5, 5.41) is 3.29. The van der Waals surface area contributed by atoms with Gasteiger partial charge in [0.15, 0.2) is 11.1 Å². The third-order valence-electron chi connectivity index (χ3n) is 4.28. The van der Waals surface area contributed by atoms with Crippen molar-refractivity contribution in [2.24, 2.45) is 11.5 Å². The van der Waals surface area contributed by atoms with Crippen molar-refractivity contribution >= 4 is 47.2 Å². The monoisotopic (exact) mass is 477 g/mol. The number of likely N-dealkylation sites (N-methyl/N-ethyl adjacent to an activating group) is 1. The van der Waals surface area contributed by atoms with Crippen molar-refractivity contribution in [1.82, 2.24) is 5.32 Å². The number of carbonyl (C=O) groups excluding carboxylic acids is 2. The molecule has 0 heterocycles. The SMILES string of the molecule is C=C(CCN)CC(c1ccc(SC)cc1)C(COC(=O)CCN)NC.O=CC(Cl)Cl. The van der Waals surface area contributed by atoms with Crippen LogP contribution in [0.25, 0.3) is 0 Å². The van der Waals surface area contributed by atoms with Crippen molar-refractivity contribution < 1.29 is 14.3 Å². The summed E-state index contributed by atoms with van der Waals surface area (Å²) < 4.78 is 5.38. The lowest BCUT2D eigenvalue weighted by Crippen LogP contribution is -2.37. The lowest BCUT2D eigenvalue weighted by atomic mass is 9.85. The minimum atomic E-state index is -0.852. The second-order valence-corrected chi connectivity index (χ2v) is 8.50. The highest BCUT2D eigenvalue weighted by atomic mass is 35.5. The number of alkyl halides is 2. The van der Waals surface area contributed by atoms with Crippen LogP contribution in [0.4, 0.5) is 0 Å². The Balaban J connectivity index is 0.00000150. The van der Waals surface area contributed by atoms with Crippen LogP contribution in [0.5, 0.6) is 0 Å². The van der Waals surface area contributed by atoms with E-state index in [1.165, 1.54) is 10.5 Å². The minimum absolute atomic E-state index is 0.00335. The Hall–Kier alpha value is -1.09. The van der Waals surface area contributed by atoms with Crippen LogP contribution in [-0.2, 0) is 14.3 Å². The van der Waals surface area contributed by atoms with E-state index in [0.717, 1.165) is 18.4 Å². The largest absolute Gasteiger partial charge is 0.464 e. The summed E-state index contributed by atoms with van der Waals surface area (Å²) in [4.78, 5) is 21.3. The molecule has 0 fully saturated rings. The second kappa shape index (κ2) is 17.6. The highest BCUT2D eigenvalue weighted by molar-refractivity contribution is 7.98. The Kier molecular flexibility index (Phi) is 16.9. The molecular formula is C21H33Cl2N3O3S. The van der Waals surface area contributed by atoms with Gasteiger partial charge in [0.05, 0.1) is 6.42 Å². The highest BCUT2D eigenvalue weighted by Gasteiger charge is 2.24. The van der Waals surface area contributed by atoms with Crippen LogP contribution < -0.4 is 16.8 Å². The summed E-state index contributed by atoms with van der Waals surface area (Å²) in [6.45, 7) is 5.35. The number of nitrogens with one attached hydrogen (secondary N) is 1. The summed E-state index contributed by atoms with van der Waals surface area (Å²) in [5.74, 6) is -0.106. The highest BCUT2D eigenvalue weighted by Crippen LogP contribution is 2.29. The van der Waals surface area contributed by atoms with Gasteiger partial charge in [-0.15, -0.1) is 11.8 Å². The number of rotatable bonds is 13. The average Bonchev–Trinajstić information content (AvgIpc) is 2.74. The van der Waals surface area contributed by atoms with Gasteiger partial charge in [0, 0.05) is 23.4 Å². The van der Waals surface area contributed by atoms with E-state index < -0.39 is 4.84 Å². The topological polar surface area (TPSA) is 107 Å². The first-order valence-electron chi connectivity index (χ1n) is 9.59. The van der Waals surface area contributed by atoms with Gasteiger partial charge in [-0.05, 0) is 50.4 Å². The van der Waals surface area contributed by atoms with Gasteiger partial charge in [-0.25, -0.2) is 0 Å². The van der Waals surface area contributed by atoms with Crippen LogP contribution >= 0.6 is 35.0 Å². The van der Waals surface area contributed by atoms with Gasteiger partial charge in [-0.1, -0.05) is 47.5 Å². The molecule has 0 aromatic heterocycles. The summed E-state index contributed by atoms with van der Waals surface area (Å²) >= 11 is 11.4. The maximum atomic E-state index is 11.7. The molecular weight excluding hydrogens is 445 g/mol. The maximum Gasteiger partial charge on any atom is 0.307 e. The number of thioether (sulfide) groups is 1. The Bertz CT molecular complexity index is 630. The van der Waals surface area contributed by atoms with Gasteiger partial charge >= 0.3 is 5.97 Å². The number of carbonyl (C=O) groups is 2. The molecule has 2 atom stereocenters. The molecule has 0 spiro atoms. The zero-order valence-corrected chi connectivity index (χ0v) is 19.9. The Morgan fingerprint density at radius 3 is 2.23 bits per heavy atom. The molecule has 0 saturated carbocycles. The normalized spacial score (nSPS) is 12.5. The predicted octanol–water partition coefficient (Wildman–Crippen LogP) is 3.26. The molecule has 2 unspecified atom stereocenters. The lowest BCUT2D eigenvalue weighted by molar-refractivity contribution is -0.144. The fraction of sp³-hybridized carbons (Fsp3) is 0.524. The van der Waals surface area contributed by atoms with Gasteiger partial charge in [0.1, 0.15) is 6.61 Å². The Morgan fingerprint density at radius 1 is 1.23 bits per heavy atom. The van der Waals surface area contributed by atoms with E-state index in [0.29, 0.717) is 26.0 Å². The number of hydrogen-bond donors (Lipinski definition) is 3. The molecule has 170 valence electrons. The van der Waals surface area contributed by atoms with Crippen LogP contribution in [0.2, 0.25) is 0 Å². The fourth-order valence-electron chi connectivity index (χ4n) is 2.73. The summed E-state index contributed by atoms with van der Waals surface area (Å²) in [6, 6.07) is 8.50. The van der Waals surface area contributed by atoms with Crippen LogP contribution in [0.1, 0.15) is 30.7 Å².